The topological polar surface area (TPSA) is 40.7 Å². The average Bonchev–Trinajstić information content (AvgIpc) is 3.02. The highest BCUT2D eigenvalue weighted by Crippen LogP contribution is 2.22. The third-order valence-electron chi connectivity index (χ3n) is 3.37. The van der Waals surface area contributed by atoms with Crippen LogP contribution in [0.4, 0.5) is 4.39 Å². The average molecular weight is 281 g/mol. The lowest BCUT2D eigenvalue weighted by Crippen LogP contribution is -2.22. The van der Waals surface area contributed by atoms with Crippen molar-refractivity contribution in [2.45, 2.75) is 12.6 Å². The summed E-state index contributed by atoms with van der Waals surface area (Å²) in [7, 11) is 0. The molecule has 0 radical (unpaired) electrons. The minimum atomic E-state index is -0.225. The second-order valence-electron chi connectivity index (χ2n) is 4.86. The molecule has 1 heterocycles. The summed E-state index contributed by atoms with van der Waals surface area (Å²) in [4.78, 5) is 0. The predicted molar refractivity (Wildman–Crippen MR) is 80.1 cm³/mol. The zero-order valence-corrected chi connectivity index (χ0v) is 11.5. The second-order valence-corrected chi connectivity index (χ2v) is 4.86. The molecule has 0 spiro atoms. The molecule has 21 heavy (non-hydrogen) atoms. The van der Waals surface area contributed by atoms with Gasteiger partial charge in [-0.1, -0.05) is 42.5 Å². The Bertz CT molecular complexity index is 680. The molecule has 106 valence electrons. The molecule has 3 aromatic rings. The fraction of sp³-hybridized carbons (Fsp3) is 0.118. The Labute approximate surface area is 122 Å². The van der Waals surface area contributed by atoms with E-state index in [-0.39, 0.29) is 11.9 Å². The predicted octanol–water partition coefficient (Wildman–Crippen LogP) is 3.43. The fourth-order valence-electron chi connectivity index (χ4n) is 2.35. The molecule has 0 fully saturated rings. The molecule has 0 saturated carbocycles. The summed E-state index contributed by atoms with van der Waals surface area (Å²) in [6.45, 7) is 0.635. The summed E-state index contributed by atoms with van der Waals surface area (Å²) in [5, 5.41) is 10.3. The van der Waals surface area contributed by atoms with E-state index in [0.717, 1.165) is 16.8 Å². The first-order valence-corrected chi connectivity index (χ1v) is 6.85. The molecule has 1 aromatic heterocycles. The highest BCUT2D eigenvalue weighted by molar-refractivity contribution is 5.32. The van der Waals surface area contributed by atoms with Crippen LogP contribution in [0.3, 0.4) is 0 Å². The van der Waals surface area contributed by atoms with Crippen LogP contribution in [0.2, 0.25) is 0 Å². The van der Waals surface area contributed by atoms with Gasteiger partial charge in [-0.15, -0.1) is 0 Å². The maximum Gasteiger partial charge on any atom is 0.123 e. The number of H-pyrrole nitrogens is 1. The molecule has 2 aromatic carbocycles. The van der Waals surface area contributed by atoms with E-state index in [0.29, 0.717) is 6.54 Å². The van der Waals surface area contributed by atoms with Crippen molar-refractivity contribution in [3.63, 3.8) is 0 Å². The van der Waals surface area contributed by atoms with Gasteiger partial charge in [-0.3, -0.25) is 5.10 Å². The summed E-state index contributed by atoms with van der Waals surface area (Å²) >= 11 is 0. The molecule has 4 heteroatoms. The summed E-state index contributed by atoms with van der Waals surface area (Å²) in [5.74, 6) is -0.225. The van der Waals surface area contributed by atoms with E-state index < -0.39 is 0 Å². The summed E-state index contributed by atoms with van der Waals surface area (Å²) in [6, 6.07) is 18.6. The first-order valence-electron chi connectivity index (χ1n) is 6.85. The molecular formula is C17H16FN3. The van der Waals surface area contributed by atoms with Crippen molar-refractivity contribution in [1.82, 2.24) is 15.5 Å². The van der Waals surface area contributed by atoms with Crippen LogP contribution in [-0.4, -0.2) is 10.2 Å². The zero-order valence-electron chi connectivity index (χ0n) is 11.5. The van der Waals surface area contributed by atoms with Gasteiger partial charge in [0.25, 0.3) is 0 Å². The Morgan fingerprint density at radius 3 is 2.52 bits per heavy atom. The number of nitrogens with zero attached hydrogens (tertiary/aromatic N) is 1. The number of nitrogens with one attached hydrogen (secondary N) is 2. The largest absolute Gasteiger partial charge is 0.301 e. The fourth-order valence-corrected chi connectivity index (χ4v) is 2.35. The van der Waals surface area contributed by atoms with E-state index in [1.165, 1.54) is 6.07 Å². The Morgan fingerprint density at radius 1 is 1.00 bits per heavy atom. The quantitative estimate of drug-likeness (QED) is 0.752. The SMILES string of the molecule is Fc1cccc([C@@H](NCc2ccn[nH]2)c2ccccc2)c1. The molecule has 0 unspecified atom stereocenters. The van der Waals surface area contributed by atoms with Crippen LogP contribution in [0.5, 0.6) is 0 Å². The van der Waals surface area contributed by atoms with Crippen molar-refractivity contribution >= 4 is 0 Å². The molecule has 1 atom stereocenters. The first-order chi connectivity index (χ1) is 10.3. The first kappa shape index (κ1) is 13.5. The van der Waals surface area contributed by atoms with Gasteiger partial charge in [-0.25, -0.2) is 4.39 Å². The van der Waals surface area contributed by atoms with Crippen molar-refractivity contribution in [3.05, 3.63) is 89.5 Å². The molecule has 2 N–H and O–H groups in total. The third-order valence-corrected chi connectivity index (χ3v) is 3.37. The van der Waals surface area contributed by atoms with Gasteiger partial charge >= 0.3 is 0 Å². The number of rotatable bonds is 5. The maximum atomic E-state index is 13.5. The third kappa shape index (κ3) is 3.35. The Hall–Kier alpha value is -2.46. The van der Waals surface area contributed by atoms with Crippen LogP contribution >= 0.6 is 0 Å². The van der Waals surface area contributed by atoms with Crippen LogP contribution in [0, 0.1) is 5.82 Å². The normalized spacial score (nSPS) is 12.2. The number of halogens is 1. The van der Waals surface area contributed by atoms with Crippen molar-refractivity contribution in [3.8, 4) is 0 Å². The molecule has 0 aliphatic carbocycles. The Balaban J connectivity index is 1.87. The van der Waals surface area contributed by atoms with E-state index in [2.05, 4.69) is 15.5 Å². The second kappa shape index (κ2) is 6.33. The van der Waals surface area contributed by atoms with Crippen molar-refractivity contribution in [1.29, 1.82) is 0 Å². The number of benzene rings is 2. The number of hydrogen-bond acceptors (Lipinski definition) is 2. The molecule has 0 bridgehead atoms. The van der Waals surface area contributed by atoms with Gasteiger partial charge in [0, 0.05) is 18.4 Å². The highest BCUT2D eigenvalue weighted by atomic mass is 19.1. The Morgan fingerprint density at radius 2 is 1.81 bits per heavy atom. The minimum absolute atomic E-state index is 0.0646. The van der Waals surface area contributed by atoms with Gasteiger partial charge in [-0.05, 0) is 29.3 Å². The summed E-state index contributed by atoms with van der Waals surface area (Å²) in [6.07, 6.45) is 1.72. The van der Waals surface area contributed by atoms with Crippen LogP contribution in [0.1, 0.15) is 22.9 Å². The Kier molecular flexibility index (Phi) is 4.07. The standard InChI is InChI=1S/C17H16FN3/c18-15-8-4-7-14(11-15)17(13-5-2-1-3-6-13)19-12-16-9-10-20-21-16/h1-11,17,19H,12H2,(H,20,21)/t17-/m0/s1. The molecule has 0 amide bonds. The van der Waals surface area contributed by atoms with E-state index in [4.69, 9.17) is 0 Å². The van der Waals surface area contributed by atoms with E-state index in [1.54, 1.807) is 18.3 Å². The number of hydrogen-bond donors (Lipinski definition) is 2. The maximum absolute atomic E-state index is 13.5. The number of aromatic amines is 1. The van der Waals surface area contributed by atoms with Gasteiger partial charge in [0.05, 0.1) is 6.04 Å². The number of aromatic nitrogens is 2. The van der Waals surface area contributed by atoms with Crippen LogP contribution < -0.4 is 5.32 Å². The lowest BCUT2D eigenvalue weighted by molar-refractivity contribution is 0.583. The van der Waals surface area contributed by atoms with Gasteiger partial charge in [0.1, 0.15) is 5.82 Å². The van der Waals surface area contributed by atoms with Gasteiger partial charge < -0.3 is 5.32 Å². The summed E-state index contributed by atoms with van der Waals surface area (Å²) in [5.41, 5.74) is 3.00. The van der Waals surface area contributed by atoms with Gasteiger partial charge in [0.15, 0.2) is 0 Å². The summed E-state index contributed by atoms with van der Waals surface area (Å²) < 4.78 is 13.5. The lowest BCUT2D eigenvalue weighted by Gasteiger charge is -2.19. The van der Waals surface area contributed by atoms with E-state index >= 15 is 0 Å². The van der Waals surface area contributed by atoms with Crippen molar-refractivity contribution < 1.29 is 4.39 Å². The van der Waals surface area contributed by atoms with E-state index in [1.807, 2.05) is 42.5 Å². The highest BCUT2D eigenvalue weighted by Gasteiger charge is 2.14. The van der Waals surface area contributed by atoms with Gasteiger partial charge in [0.2, 0.25) is 0 Å². The van der Waals surface area contributed by atoms with Crippen LogP contribution in [0.15, 0.2) is 66.9 Å². The molecule has 3 nitrogen and oxygen atoms in total. The molecule has 0 aliphatic rings. The molecule has 3 rings (SSSR count). The minimum Gasteiger partial charge on any atom is -0.301 e. The molecular weight excluding hydrogens is 265 g/mol. The zero-order chi connectivity index (χ0) is 14.5. The van der Waals surface area contributed by atoms with Crippen molar-refractivity contribution in [2.75, 3.05) is 0 Å². The van der Waals surface area contributed by atoms with E-state index in [9.17, 15) is 4.39 Å². The monoisotopic (exact) mass is 281 g/mol. The molecule has 0 saturated heterocycles. The smallest absolute Gasteiger partial charge is 0.123 e. The lowest BCUT2D eigenvalue weighted by atomic mass is 9.98. The molecule has 0 aliphatic heterocycles. The van der Waals surface area contributed by atoms with Crippen LogP contribution in [0.25, 0.3) is 0 Å². The van der Waals surface area contributed by atoms with Crippen LogP contribution in [-0.2, 0) is 6.54 Å². The van der Waals surface area contributed by atoms with Crippen molar-refractivity contribution in [2.24, 2.45) is 0 Å². The van der Waals surface area contributed by atoms with Gasteiger partial charge in [-0.2, -0.15) is 5.10 Å².